The van der Waals surface area contributed by atoms with Crippen LogP contribution in [-0.2, 0) is 4.74 Å². The summed E-state index contributed by atoms with van der Waals surface area (Å²) in [5, 5.41) is 10.3. The molecule has 2 heterocycles. The quantitative estimate of drug-likeness (QED) is 0.252. The van der Waals surface area contributed by atoms with Crippen molar-refractivity contribution in [1.29, 1.82) is 0 Å². The van der Waals surface area contributed by atoms with Crippen LogP contribution >= 0.6 is 11.6 Å². The Balaban J connectivity index is 1.15. The molecule has 2 aliphatic heterocycles. The number of carbonyl (C=O) groups excluding carboxylic acids is 1. The third-order valence-electron chi connectivity index (χ3n) is 8.69. The van der Waals surface area contributed by atoms with Gasteiger partial charge in [-0.1, -0.05) is 55.8 Å². The molecule has 0 saturated carbocycles. The molecule has 2 saturated heterocycles. The Bertz CT molecular complexity index is 1260. The van der Waals surface area contributed by atoms with Crippen LogP contribution in [0.5, 0.6) is 17.2 Å². The number of fused-ring (bicyclic) bond motifs is 1. The van der Waals surface area contributed by atoms with Crippen molar-refractivity contribution in [1.82, 2.24) is 4.90 Å². The first-order valence-electron chi connectivity index (χ1n) is 14.4. The van der Waals surface area contributed by atoms with Gasteiger partial charge in [-0.3, -0.25) is 4.79 Å². The first-order valence-corrected chi connectivity index (χ1v) is 14.8. The number of phenols is 1. The third-order valence-corrected chi connectivity index (χ3v) is 8.98. The molecule has 2 aromatic rings. The van der Waals surface area contributed by atoms with Crippen molar-refractivity contribution in [2.75, 3.05) is 39.5 Å². The molecule has 1 N–H and O–H groups in total. The summed E-state index contributed by atoms with van der Waals surface area (Å²) in [5.74, 6) is 1.86. The van der Waals surface area contributed by atoms with E-state index in [-0.39, 0.29) is 22.6 Å². The summed E-state index contributed by atoms with van der Waals surface area (Å²) in [6.45, 7) is 9.76. The lowest BCUT2D eigenvalue weighted by molar-refractivity contribution is -0.0665. The molecule has 6 nitrogen and oxygen atoms in total. The zero-order valence-electron chi connectivity index (χ0n) is 23.5. The highest BCUT2D eigenvalue weighted by atomic mass is 35.5. The fourth-order valence-corrected chi connectivity index (χ4v) is 6.44. The summed E-state index contributed by atoms with van der Waals surface area (Å²) in [5.41, 5.74) is 2.25. The molecule has 2 aromatic carbocycles. The summed E-state index contributed by atoms with van der Waals surface area (Å²) in [7, 11) is 0. The van der Waals surface area contributed by atoms with E-state index in [2.05, 4.69) is 55.2 Å². The molecule has 3 unspecified atom stereocenters. The number of ether oxygens (including phenoxy) is 3. The van der Waals surface area contributed by atoms with Crippen molar-refractivity contribution in [3.63, 3.8) is 0 Å². The van der Waals surface area contributed by atoms with Crippen LogP contribution in [0.1, 0.15) is 55.5 Å². The van der Waals surface area contributed by atoms with Crippen molar-refractivity contribution in [3.8, 4) is 17.2 Å². The number of benzene rings is 2. The Morgan fingerprint density at radius 2 is 2.08 bits per heavy atom. The van der Waals surface area contributed by atoms with E-state index in [0.29, 0.717) is 42.3 Å². The zero-order valence-corrected chi connectivity index (χ0v) is 24.2. The molecule has 40 heavy (non-hydrogen) atoms. The van der Waals surface area contributed by atoms with Gasteiger partial charge in [-0.15, -0.1) is 0 Å². The van der Waals surface area contributed by atoms with Crippen molar-refractivity contribution < 1.29 is 24.1 Å². The molecule has 3 atom stereocenters. The van der Waals surface area contributed by atoms with Gasteiger partial charge >= 0.3 is 0 Å². The predicted molar refractivity (Wildman–Crippen MR) is 158 cm³/mol. The van der Waals surface area contributed by atoms with E-state index in [1.54, 1.807) is 0 Å². The van der Waals surface area contributed by atoms with E-state index in [0.717, 1.165) is 50.4 Å². The molecular formula is C33H40ClNO5. The van der Waals surface area contributed by atoms with Gasteiger partial charge in [-0.2, -0.15) is 0 Å². The number of aromatic hydroxyl groups is 1. The van der Waals surface area contributed by atoms with E-state index in [4.69, 9.17) is 25.8 Å². The van der Waals surface area contributed by atoms with Crippen molar-refractivity contribution in [2.24, 2.45) is 17.3 Å². The largest absolute Gasteiger partial charge is 0.507 e. The van der Waals surface area contributed by atoms with Crippen LogP contribution in [0.2, 0.25) is 5.02 Å². The minimum Gasteiger partial charge on any atom is -0.507 e. The highest BCUT2D eigenvalue weighted by Crippen LogP contribution is 2.45. The summed E-state index contributed by atoms with van der Waals surface area (Å²) in [6.07, 6.45) is 12.1. The maximum atomic E-state index is 11.1. The molecule has 0 amide bonds. The standard InChI is InChI=1S/C33H40ClNO5/c1-33(2)26(22-40-32-19-30(37)25(21-36)18-29(32)34)9-4-11-28(33)23-7-3-10-27(17-23)38-16-6-13-35-14-12-31-24(20-35)8-5-15-39-31/h3-4,7,9-11,17-19,21,24,26,31,37H,5-6,8,12-16,20,22H2,1-2H3. The minimum absolute atomic E-state index is 0.0692. The Labute approximate surface area is 242 Å². The number of hydrogen-bond donors (Lipinski definition) is 1. The number of aldehydes is 1. The van der Waals surface area contributed by atoms with Gasteiger partial charge in [0.15, 0.2) is 6.29 Å². The number of carbonyl (C=O) groups is 1. The lowest BCUT2D eigenvalue weighted by atomic mass is 9.68. The molecule has 7 heteroatoms. The fraction of sp³-hybridized carbons (Fsp3) is 0.485. The van der Waals surface area contributed by atoms with Crippen LogP contribution in [0, 0.1) is 17.3 Å². The van der Waals surface area contributed by atoms with E-state index >= 15 is 0 Å². The van der Waals surface area contributed by atoms with Gasteiger partial charge in [-0.25, -0.2) is 0 Å². The first kappa shape index (κ1) is 28.7. The van der Waals surface area contributed by atoms with E-state index in [1.807, 2.05) is 6.07 Å². The Kier molecular flexibility index (Phi) is 9.19. The number of rotatable bonds is 10. The van der Waals surface area contributed by atoms with Gasteiger partial charge in [0.1, 0.15) is 17.2 Å². The van der Waals surface area contributed by atoms with E-state index in [1.165, 1.54) is 30.5 Å². The van der Waals surface area contributed by atoms with Gasteiger partial charge in [-0.05, 0) is 66.4 Å². The highest BCUT2D eigenvalue weighted by Gasteiger charge is 2.35. The maximum absolute atomic E-state index is 11.1. The molecular weight excluding hydrogens is 526 g/mol. The average molecular weight is 566 g/mol. The molecule has 2 fully saturated rings. The van der Waals surface area contributed by atoms with Gasteiger partial charge in [0.25, 0.3) is 0 Å². The maximum Gasteiger partial charge on any atom is 0.153 e. The lowest BCUT2D eigenvalue weighted by Crippen LogP contribution is -2.46. The fourth-order valence-electron chi connectivity index (χ4n) is 6.21. The average Bonchev–Trinajstić information content (AvgIpc) is 2.96. The van der Waals surface area contributed by atoms with Gasteiger partial charge < -0.3 is 24.2 Å². The number of nitrogens with zero attached hydrogens (tertiary/aromatic N) is 1. The van der Waals surface area contributed by atoms with E-state index in [9.17, 15) is 9.90 Å². The third kappa shape index (κ3) is 6.56. The van der Waals surface area contributed by atoms with Crippen LogP contribution in [0.25, 0.3) is 5.57 Å². The zero-order chi connectivity index (χ0) is 28.1. The summed E-state index contributed by atoms with van der Waals surface area (Å²) in [6, 6.07) is 11.2. The summed E-state index contributed by atoms with van der Waals surface area (Å²) >= 11 is 6.29. The molecule has 3 aliphatic rings. The number of likely N-dealkylation sites (tertiary alicyclic amines) is 1. The van der Waals surface area contributed by atoms with Crippen LogP contribution in [0.3, 0.4) is 0 Å². The number of phenolic OH excluding ortho intramolecular Hbond substituents is 1. The second kappa shape index (κ2) is 12.8. The van der Waals surface area contributed by atoms with Crippen molar-refractivity contribution in [3.05, 3.63) is 70.8 Å². The lowest BCUT2D eigenvalue weighted by Gasteiger charge is -2.41. The molecule has 0 radical (unpaired) electrons. The van der Waals surface area contributed by atoms with Crippen molar-refractivity contribution in [2.45, 2.75) is 45.6 Å². The van der Waals surface area contributed by atoms with Crippen LogP contribution in [0.15, 0.2) is 54.6 Å². The normalized spacial score (nSPS) is 24.2. The molecule has 214 valence electrons. The Morgan fingerprint density at radius 3 is 2.92 bits per heavy atom. The first-order chi connectivity index (χ1) is 19.3. The SMILES string of the molecule is CC1(C)C(c2cccc(OCCCN3CCC4OCCCC4C3)c2)=CC=CC1COc1cc(O)c(C=O)cc1Cl. The monoisotopic (exact) mass is 565 g/mol. The predicted octanol–water partition coefficient (Wildman–Crippen LogP) is 6.80. The Morgan fingerprint density at radius 1 is 1.20 bits per heavy atom. The Hall–Kier alpha value is -2.80. The summed E-state index contributed by atoms with van der Waals surface area (Å²) in [4.78, 5) is 13.6. The van der Waals surface area contributed by atoms with Crippen LogP contribution < -0.4 is 9.47 Å². The van der Waals surface area contributed by atoms with E-state index < -0.39 is 0 Å². The number of allylic oxidation sites excluding steroid dienone is 3. The highest BCUT2D eigenvalue weighted by molar-refractivity contribution is 6.32. The topological polar surface area (TPSA) is 68.2 Å². The van der Waals surface area contributed by atoms with Crippen LogP contribution in [-0.4, -0.2) is 61.9 Å². The molecule has 1 aliphatic carbocycles. The van der Waals surface area contributed by atoms with Gasteiger partial charge in [0.05, 0.1) is 29.9 Å². The molecule has 0 bridgehead atoms. The number of piperidine rings is 1. The van der Waals surface area contributed by atoms with Crippen molar-refractivity contribution >= 4 is 23.5 Å². The molecule has 5 rings (SSSR count). The van der Waals surface area contributed by atoms with Crippen LogP contribution in [0.4, 0.5) is 0 Å². The summed E-state index contributed by atoms with van der Waals surface area (Å²) < 4.78 is 18.2. The second-order valence-corrected chi connectivity index (χ2v) is 12.1. The second-order valence-electron chi connectivity index (χ2n) is 11.7. The van der Waals surface area contributed by atoms with Gasteiger partial charge in [0, 0.05) is 38.2 Å². The minimum atomic E-state index is -0.223. The molecule has 0 spiro atoms. The number of hydrogen-bond acceptors (Lipinski definition) is 6. The van der Waals surface area contributed by atoms with Gasteiger partial charge in [0.2, 0.25) is 0 Å². The molecule has 0 aromatic heterocycles. The number of halogens is 1. The smallest absolute Gasteiger partial charge is 0.153 e.